The Morgan fingerprint density at radius 3 is 2.79 bits per heavy atom. The smallest absolute Gasteiger partial charge is 0.320 e. The SMILES string of the molecule is C[C@H](NCc1noc(-c2ccc(Cl)cc2)n1)C(=O)O. The van der Waals surface area contributed by atoms with Crippen molar-refractivity contribution in [1.29, 1.82) is 0 Å². The quantitative estimate of drug-likeness (QED) is 0.871. The van der Waals surface area contributed by atoms with Crippen LogP contribution in [0.1, 0.15) is 12.7 Å². The summed E-state index contributed by atoms with van der Waals surface area (Å²) in [5.74, 6) is -0.157. The van der Waals surface area contributed by atoms with Gasteiger partial charge in [-0.2, -0.15) is 4.98 Å². The van der Waals surface area contributed by atoms with E-state index < -0.39 is 12.0 Å². The second-order valence-electron chi connectivity index (χ2n) is 3.96. The lowest BCUT2D eigenvalue weighted by molar-refractivity contribution is -0.139. The van der Waals surface area contributed by atoms with Gasteiger partial charge in [0.1, 0.15) is 6.04 Å². The van der Waals surface area contributed by atoms with Gasteiger partial charge in [0.2, 0.25) is 0 Å². The van der Waals surface area contributed by atoms with Crippen LogP contribution in [0.3, 0.4) is 0 Å². The van der Waals surface area contributed by atoms with Crippen molar-refractivity contribution in [3.63, 3.8) is 0 Å². The largest absolute Gasteiger partial charge is 0.480 e. The van der Waals surface area contributed by atoms with Crippen molar-refractivity contribution in [2.45, 2.75) is 19.5 Å². The Bertz CT molecular complexity index is 568. The highest BCUT2D eigenvalue weighted by atomic mass is 35.5. The summed E-state index contributed by atoms with van der Waals surface area (Å²) >= 11 is 5.79. The molecule has 0 aliphatic carbocycles. The minimum Gasteiger partial charge on any atom is -0.480 e. The van der Waals surface area contributed by atoms with Gasteiger partial charge in [-0.05, 0) is 31.2 Å². The molecule has 1 heterocycles. The Hall–Kier alpha value is -1.92. The third-order valence-electron chi connectivity index (χ3n) is 2.50. The summed E-state index contributed by atoms with van der Waals surface area (Å²) in [5, 5.41) is 15.9. The monoisotopic (exact) mass is 281 g/mol. The van der Waals surface area contributed by atoms with Crippen molar-refractivity contribution in [3.8, 4) is 11.5 Å². The highest BCUT2D eigenvalue weighted by molar-refractivity contribution is 6.30. The molecule has 100 valence electrons. The lowest BCUT2D eigenvalue weighted by Gasteiger charge is -2.05. The van der Waals surface area contributed by atoms with E-state index in [9.17, 15) is 4.79 Å². The van der Waals surface area contributed by atoms with Crippen molar-refractivity contribution in [2.24, 2.45) is 0 Å². The molecule has 0 saturated heterocycles. The molecule has 1 atom stereocenters. The van der Waals surface area contributed by atoms with E-state index in [0.29, 0.717) is 16.7 Å². The Morgan fingerprint density at radius 2 is 2.16 bits per heavy atom. The van der Waals surface area contributed by atoms with Gasteiger partial charge in [-0.25, -0.2) is 0 Å². The molecule has 0 unspecified atom stereocenters. The first-order chi connectivity index (χ1) is 9.06. The van der Waals surface area contributed by atoms with Crippen LogP contribution in [0.2, 0.25) is 5.02 Å². The van der Waals surface area contributed by atoms with Gasteiger partial charge < -0.3 is 9.63 Å². The number of halogens is 1. The summed E-state index contributed by atoms with van der Waals surface area (Å²) in [4.78, 5) is 14.8. The lowest BCUT2D eigenvalue weighted by atomic mass is 10.2. The molecule has 0 saturated carbocycles. The molecule has 0 amide bonds. The number of aromatic nitrogens is 2. The van der Waals surface area contributed by atoms with E-state index in [1.54, 1.807) is 31.2 Å². The van der Waals surface area contributed by atoms with Gasteiger partial charge in [-0.3, -0.25) is 10.1 Å². The summed E-state index contributed by atoms with van der Waals surface area (Å²) in [7, 11) is 0. The molecule has 2 rings (SSSR count). The van der Waals surface area contributed by atoms with Gasteiger partial charge in [-0.1, -0.05) is 16.8 Å². The maximum atomic E-state index is 10.6. The van der Waals surface area contributed by atoms with Crippen molar-refractivity contribution >= 4 is 17.6 Å². The highest BCUT2D eigenvalue weighted by Crippen LogP contribution is 2.19. The number of nitrogens with one attached hydrogen (secondary N) is 1. The summed E-state index contributed by atoms with van der Waals surface area (Å²) in [6, 6.07) is 6.33. The molecule has 2 N–H and O–H groups in total. The summed E-state index contributed by atoms with van der Waals surface area (Å²) in [6.45, 7) is 1.77. The molecule has 6 nitrogen and oxygen atoms in total. The Balaban J connectivity index is 2.03. The van der Waals surface area contributed by atoms with Crippen LogP contribution < -0.4 is 5.32 Å². The maximum absolute atomic E-state index is 10.6. The second-order valence-corrected chi connectivity index (χ2v) is 4.40. The fourth-order valence-electron chi connectivity index (χ4n) is 1.37. The van der Waals surface area contributed by atoms with Crippen LogP contribution in [0, 0.1) is 0 Å². The molecule has 2 aromatic rings. The number of carbonyl (C=O) groups is 1. The number of carboxylic acids is 1. The van der Waals surface area contributed by atoms with Crippen LogP contribution in [0.15, 0.2) is 28.8 Å². The minimum absolute atomic E-state index is 0.227. The normalized spacial score (nSPS) is 12.3. The average molecular weight is 282 g/mol. The Labute approximate surface area is 114 Å². The van der Waals surface area contributed by atoms with Gasteiger partial charge in [0, 0.05) is 10.6 Å². The van der Waals surface area contributed by atoms with E-state index in [2.05, 4.69) is 15.5 Å². The zero-order valence-electron chi connectivity index (χ0n) is 10.1. The number of hydrogen-bond donors (Lipinski definition) is 2. The van der Waals surface area contributed by atoms with Gasteiger partial charge in [0.15, 0.2) is 5.82 Å². The topological polar surface area (TPSA) is 88.3 Å². The average Bonchev–Trinajstić information content (AvgIpc) is 2.85. The summed E-state index contributed by atoms with van der Waals surface area (Å²) < 4.78 is 5.09. The molecule has 0 fully saturated rings. The van der Waals surface area contributed by atoms with Crippen LogP contribution in [-0.2, 0) is 11.3 Å². The van der Waals surface area contributed by atoms with E-state index in [-0.39, 0.29) is 6.54 Å². The van der Waals surface area contributed by atoms with Crippen molar-refractivity contribution < 1.29 is 14.4 Å². The number of hydrogen-bond acceptors (Lipinski definition) is 5. The summed E-state index contributed by atoms with van der Waals surface area (Å²) in [6.07, 6.45) is 0. The Kier molecular flexibility index (Phi) is 4.13. The number of rotatable bonds is 5. The van der Waals surface area contributed by atoms with Crippen LogP contribution in [0.5, 0.6) is 0 Å². The molecular weight excluding hydrogens is 270 g/mol. The molecule has 1 aromatic carbocycles. The predicted molar refractivity (Wildman–Crippen MR) is 68.7 cm³/mol. The number of aliphatic carboxylic acids is 1. The zero-order chi connectivity index (χ0) is 13.8. The fraction of sp³-hybridized carbons (Fsp3) is 0.250. The minimum atomic E-state index is -0.929. The molecule has 1 aromatic heterocycles. The van der Waals surface area contributed by atoms with E-state index in [0.717, 1.165) is 5.56 Å². The molecule has 0 radical (unpaired) electrons. The van der Waals surface area contributed by atoms with Gasteiger partial charge in [0.25, 0.3) is 5.89 Å². The first-order valence-electron chi connectivity index (χ1n) is 5.61. The summed E-state index contributed by atoms with van der Waals surface area (Å²) in [5.41, 5.74) is 0.759. The van der Waals surface area contributed by atoms with Crippen molar-refractivity contribution in [3.05, 3.63) is 35.1 Å². The van der Waals surface area contributed by atoms with Crippen LogP contribution >= 0.6 is 11.6 Å². The molecule has 0 aliphatic rings. The van der Waals surface area contributed by atoms with E-state index in [1.165, 1.54) is 0 Å². The molecule has 0 aliphatic heterocycles. The standard InChI is InChI=1S/C12H12ClN3O3/c1-7(12(17)18)14-6-10-15-11(19-16-10)8-2-4-9(13)5-3-8/h2-5,7,14H,6H2,1H3,(H,17,18)/t7-/m0/s1. The molecule has 7 heteroatoms. The first kappa shape index (κ1) is 13.5. The lowest BCUT2D eigenvalue weighted by Crippen LogP contribution is -2.33. The van der Waals surface area contributed by atoms with Crippen LogP contribution in [0.4, 0.5) is 0 Å². The zero-order valence-corrected chi connectivity index (χ0v) is 10.9. The third-order valence-corrected chi connectivity index (χ3v) is 2.75. The number of benzene rings is 1. The van der Waals surface area contributed by atoms with E-state index in [1.807, 2.05) is 0 Å². The fourth-order valence-corrected chi connectivity index (χ4v) is 1.49. The van der Waals surface area contributed by atoms with Gasteiger partial charge in [-0.15, -0.1) is 0 Å². The second kappa shape index (κ2) is 5.81. The third kappa shape index (κ3) is 3.52. The van der Waals surface area contributed by atoms with Crippen LogP contribution in [-0.4, -0.2) is 27.3 Å². The van der Waals surface area contributed by atoms with Gasteiger partial charge in [0.05, 0.1) is 6.54 Å². The number of carboxylic acid groups (broad SMARTS) is 1. The molecule has 0 bridgehead atoms. The molecule has 0 spiro atoms. The van der Waals surface area contributed by atoms with E-state index >= 15 is 0 Å². The van der Waals surface area contributed by atoms with Crippen molar-refractivity contribution in [1.82, 2.24) is 15.5 Å². The number of nitrogens with zero attached hydrogens (tertiary/aromatic N) is 2. The first-order valence-corrected chi connectivity index (χ1v) is 5.99. The maximum Gasteiger partial charge on any atom is 0.320 e. The van der Waals surface area contributed by atoms with Crippen molar-refractivity contribution in [2.75, 3.05) is 0 Å². The highest BCUT2D eigenvalue weighted by Gasteiger charge is 2.13. The van der Waals surface area contributed by atoms with E-state index in [4.69, 9.17) is 21.2 Å². The predicted octanol–water partition coefficient (Wildman–Crippen LogP) is 1.95. The Morgan fingerprint density at radius 1 is 1.47 bits per heavy atom. The van der Waals surface area contributed by atoms with Gasteiger partial charge >= 0.3 is 5.97 Å². The molecule has 19 heavy (non-hydrogen) atoms. The molecular formula is C12H12ClN3O3. The van der Waals surface area contributed by atoms with Crippen LogP contribution in [0.25, 0.3) is 11.5 Å².